The molecule has 1 aromatic carbocycles. The lowest BCUT2D eigenvalue weighted by atomic mass is 10.1. The van der Waals surface area contributed by atoms with Crippen molar-refractivity contribution < 1.29 is 9.00 Å². The van der Waals surface area contributed by atoms with Crippen molar-refractivity contribution >= 4 is 22.6 Å². The number of nitrogens with zero attached hydrogens (tertiary/aromatic N) is 2. The summed E-state index contributed by atoms with van der Waals surface area (Å²) in [4.78, 5) is 19.0. The Morgan fingerprint density at radius 2 is 1.87 bits per heavy atom. The van der Waals surface area contributed by atoms with Crippen LogP contribution in [0, 0.1) is 6.92 Å². The van der Waals surface area contributed by atoms with Crippen molar-refractivity contribution in [1.82, 2.24) is 9.88 Å². The topological polar surface area (TPSA) is 62.3 Å². The van der Waals surface area contributed by atoms with E-state index in [1.165, 1.54) is 0 Å². The Hall–Kier alpha value is -2.21. The van der Waals surface area contributed by atoms with Gasteiger partial charge in [-0.1, -0.05) is 18.2 Å². The lowest BCUT2D eigenvalue weighted by Gasteiger charge is -2.25. The molecule has 5 nitrogen and oxygen atoms in total. The molecule has 0 spiro atoms. The quantitative estimate of drug-likeness (QED) is 0.934. The summed E-state index contributed by atoms with van der Waals surface area (Å²) < 4.78 is 11.4. The highest BCUT2D eigenvalue weighted by Gasteiger charge is 2.18. The van der Waals surface area contributed by atoms with E-state index in [9.17, 15) is 9.00 Å². The smallest absolute Gasteiger partial charge is 0.321 e. The molecule has 0 aliphatic heterocycles. The number of aryl methyl sites for hydroxylation is 1. The first-order valence-corrected chi connectivity index (χ1v) is 8.85. The fourth-order valence-electron chi connectivity index (χ4n) is 2.15. The highest BCUT2D eigenvalue weighted by Crippen LogP contribution is 2.21. The molecule has 23 heavy (non-hydrogen) atoms. The van der Waals surface area contributed by atoms with Gasteiger partial charge in [0.25, 0.3) is 0 Å². The number of carbonyl (C=O) groups is 1. The molecular weight excluding hydrogens is 310 g/mol. The van der Waals surface area contributed by atoms with E-state index in [1.807, 2.05) is 50.2 Å². The van der Waals surface area contributed by atoms with Gasteiger partial charge in [-0.05, 0) is 43.7 Å². The van der Waals surface area contributed by atoms with Crippen LogP contribution in [0.3, 0.4) is 0 Å². The Kier molecular flexibility index (Phi) is 5.50. The fourth-order valence-corrected chi connectivity index (χ4v) is 2.67. The number of hydrogen-bond donors (Lipinski definition) is 1. The number of pyridine rings is 1. The summed E-state index contributed by atoms with van der Waals surface area (Å²) in [7, 11) is 0.738. The third kappa shape index (κ3) is 4.39. The van der Waals surface area contributed by atoms with E-state index >= 15 is 0 Å². The molecule has 0 aliphatic rings. The number of urea groups is 1. The van der Waals surface area contributed by atoms with E-state index in [0.717, 1.165) is 16.2 Å². The number of aromatic nitrogens is 1. The SMILES string of the molecule is Cc1cccc(NC(=O)N(C)[C@@H](C)c2ccc([S@@](C)=O)cc2)n1. The van der Waals surface area contributed by atoms with Gasteiger partial charge in [0.1, 0.15) is 5.82 Å². The zero-order valence-electron chi connectivity index (χ0n) is 13.7. The Morgan fingerprint density at radius 1 is 1.22 bits per heavy atom. The Morgan fingerprint density at radius 3 is 2.43 bits per heavy atom. The zero-order valence-corrected chi connectivity index (χ0v) is 14.6. The van der Waals surface area contributed by atoms with Crippen LogP contribution in [0.4, 0.5) is 10.6 Å². The molecule has 0 unspecified atom stereocenters. The first-order chi connectivity index (χ1) is 10.9. The maximum atomic E-state index is 12.3. The van der Waals surface area contributed by atoms with Gasteiger partial charge < -0.3 is 4.90 Å². The number of rotatable bonds is 4. The molecule has 2 amide bonds. The number of anilines is 1. The van der Waals surface area contributed by atoms with Crippen LogP contribution >= 0.6 is 0 Å². The van der Waals surface area contributed by atoms with Gasteiger partial charge in [0.15, 0.2) is 0 Å². The molecule has 2 rings (SSSR count). The van der Waals surface area contributed by atoms with E-state index in [-0.39, 0.29) is 12.1 Å². The molecule has 6 heteroatoms. The van der Waals surface area contributed by atoms with Gasteiger partial charge in [0, 0.05) is 34.7 Å². The van der Waals surface area contributed by atoms with Crippen molar-refractivity contribution in [2.75, 3.05) is 18.6 Å². The molecule has 0 bridgehead atoms. The molecule has 122 valence electrons. The highest BCUT2D eigenvalue weighted by molar-refractivity contribution is 7.84. The zero-order chi connectivity index (χ0) is 17.0. The lowest BCUT2D eigenvalue weighted by molar-refractivity contribution is 0.208. The van der Waals surface area contributed by atoms with E-state index in [1.54, 1.807) is 24.3 Å². The fraction of sp³-hybridized carbons (Fsp3) is 0.294. The minimum absolute atomic E-state index is 0.112. The summed E-state index contributed by atoms with van der Waals surface area (Å²) >= 11 is 0. The highest BCUT2D eigenvalue weighted by atomic mass is 32.2. The second-order valence-electron chi connectivity index (χ2n) is 5.40. The van der Waals surface area contributed by atoms with Crippen molar-refractivity contribution in [2.24, 2.45) is 0 Å². The van der Waals surface area contributed by atoms with Crippen molar-refractivity contribution in [2.45, 2.75) is 24.8 Å². The van der Waals surface area contributed by atoms with Crippen LogP contribution in [0.5, 0.6) is 0 Å². The number of carbonyl (C=O) groups excluding carboxylic acids is 1. The molecule has 0 saturated heterocycles. The standard InChI is InChI=1S/C17H21N3O2S/c1-12-6-5-7-16(18-12)19-17(21)20(3)13(2)14-8-10-15(11-9-14)23(4)22/h5-11,13H,1-4H3,(H,18,19,21)/t13-,23+/m0/s1. The summed E-state index contributed by atoms with van der Waals surface area (Å²) in [6, 6.07) is 12.6. The monoisotopic (exact) mass is 331 g/mol. The molecule has 2 atom stereocenters. The van der Waals surface area contributed by atoms with Crippen LogP contribution in [-0.4, -0.2) is 33.4 Å². The minimum atomic E-state index is -1.000. The van der Waals surface area contributed by atoms with E-state index in [0.29, 0.717) is 5.82 Å². The molecule has 0 fully saturated rings. The van der Waals surface area contributed by atoms with Gasteiger partial charge >= 0.3 is 6.03 Å². The summed E-state index contributed by atoms with van der Waals surface area (Å²) in [6.45, 7) is 3.82. The van der Waals surface area contributed by atoms with E-state index in [4.69, 9.17) is 0 Å². The first-order valence-electron chi connectivity index (χ1n) is 7.29. The van der Waals surface area contributed by atoms with E-state index < -0.39 is 10.8 Å². The second kappa shape index (κ2) is 7.37. The van der Waals surface area contributed by atoms with Crippen LogP contribution in [0.1, 0.15) is 24.2 Å². The summed E-state index contributed by atoms with van der Waals surface area (Å²) in [5, 5.41) is 2.79. The summed E-state index contributed by atoms with van der Waals surface area (Å²) in [5.74, 6) is 0.533. The molecule has 1 N–H and O–H groups in total. The normalized spacial score (nSPS) is 13.2. The van der Waals surface area contributed by atoms with Crippen molar-refractivity contribution in [3.05, 3.63) is 53.7 Å². The largest absolute Gasteiger partial charge is 0.323 e. The number of nitrogens with one attached hydrogen (secondary N) is 1. The lowest BCUT2D eigenvalue weighted by Crippen LogP contribution is -2.33. The maximum Gasteiger partial charge on any atom is 0.323 e. The third-order valence-electron chi connectivity index (χ3n) is 3.72. The minimum Gasteiger partial charge on any atom is -0.321 e. The Balaban J connectivity index is 2.07. The van der Waals surface area contributed by atoms with Crippen LogP contribution < -0.4 is 5.32 Å². The van der Waals surface area contributed by atoms with Gasteiger partial charge in [-0.25, -0.2) is 9.78 Å². The van der Waals surface area contributed by atoms with Crippen molar-refractivity contribution in [3.63, 3.8) is 0 Å². The molecule has 2 aromatic rings. The average Bonchev–Trinajstić information content (AvgIpc) is 2.53. The predicted molar refractivity (Wildman–Crippen MR) is 92.9 cm³/mol. The average molecular weight is 331 g/mol. The molecule has 0 radical (unpaired) electrons. The van der Waals surface area contributed by atoms with Gasteiger partial charge in [-0.15, -0.1) is 0 Å². The van der Waals surface area contributed by atoms with Gasteiger partial charge in [0.2, 0.25) is 0 Å². The summed E-state index contributed by atoms with van der Waals surface area (Å²) in [5.41, 5.74) is 1.83. The second-order valence-corrected chi connectivity index (χ2v) is 6.78. The van der Waals surface area contributed by atoms with Gasteiger partial charge in [-0.3, -0.25) is 9.53 Å². The van der Waals surface area contributed by atoms with Crippen molar-refractivity contribution in [3.8, 4) is 0 Å². The first kappa shape index (κ1) is 17.1. The van der Waals surface area contributed by atoms with Crippen LogP contribution in [0.2, 0.25) is 0 Å². The van der Waals surface area contributed by atoms with Gasteiger partial charge in [-0.2, -0.15) is 0 Å². The Bertz CT molecular complexity index is 716. The molecule has 1 heterocycles. The van der Waals surface area contributed by atoms with Crippen LogP contribution in [-0.2, 0) is 10.8 Å². The van der Waals surface area contributed by atoms with Crippen LogP contribution in [0.15, 0.2) is 47.4 Å². The number of hydrogen-bond acceptors (Lipinski definition) is 3. The maximum absolute atomic E-state index is 12.3. The molecule has 0 saturated carbocycles. The predicted octanol–water partition coefficient (Wildman–Crippen LogP) is 3.35. The number of benzene rings is 1. The third-order valence-corrected chi connectivity index (χ3v) is 4.66. The van der Waals surface area contributed by atoms with Gasteiger partial charge in [0.05, 0.1) is 6.04 Å². The van der Waals surface area contributed by atoms with E-state index in [2.05, 4.69) is 10.3 Å². The molecular formula is C17H21N3O2S. The Labute approximate surface area is 139 Å². The van der Waals surface area contributed by atoms with Crippen molar-refractivity contribution in [1.29, 1.82) is 0 Å². The van der Waals surface area contributed by atoms with Crippen LogP contribution in [0.25, 0.3) is 0 Å². The molecule has 1 aromatic heterocycles. The number of amides is 2. The molecule has 0 aliphatic carbocycles. The summed E-state index contributed by atoms with van der Waals surface area (Å²) in [6.07, 6.45) is 1.65.